The van der Waals surface area contributed by atoms with E-state index in [1.54, 1.807) is 64.1 Å². The molecule has 1 N–H and O–H groups in total. The van der Waals surface area contributed by atoms with Crippen LogP contribution in [-0.2, 0) is 33.8 Å². The molecular weight excluding hydrogens is 1020 g/mol. The van der Waals surface area contributed by atoms with Crippen molar-refractivity contribution in [1.82, 2.24) is 33.8 Å². The van der Waals surface area contributed by atoms with Crippen molar-refractivity contribution in [2.24, 2.45) is 23.7 Å². The molecule has 4 fully saturated rings. The molecule has 4 unspecified atom stereocenters. The van der Waals surface area contributed by atoms with Gasteiger partial charge < -0.3 is 15.0 Å². The van der Waals surface area contributed by atoms with Gasteiger partial charge in [-0.3, -0.25) is 15.0 Å². The summed E-state index contributed by atoms with van der Waals surface area (Å²) in [5.41, 5.74) is -0.554. The maximum absolute atomic E-state index is 13.5. The summed E-state index contributed by atoms with van der Waals surface area (Å²) in [6.07, 6.45) is 10.6. The first-order valence-corrected chi connectivity index (χ1v) is 28.2. The molecule has 22 heteroatoms. The third kappa shape index (κ3) is 10.7. The summed E-state index contributed by atoms with van der Waals surface area (Å²) >= 11 is 18.4. The van der Waals surface area contributed by atoms with Gasteiger partial charge in [0.2, 0.25) is 20.0 Å². The SMILES string of the molecule is CC(C)(C)OC(=O)N1CCC2CN(S(=O)(=O)c3cccc4cncc(Cl)c34)CC2C1.O=S(=O)(Cl)c1cccc2cncc(Cl)c12.O=S(=O)(c1cccc2cncc(Cl)c12)N1CC2CCNCC2C1. The first-order valence-electron chi connectivity index (χ1n) is 21.8. The number of likely N-dealkylation sites (tertiary alicyclic amines) is 1. The van der Waals surface area contributed by atoms with Crippen LogP contribution in [0.1, 0.15) is 33.6 Å². The molecule has 0 radical (unpaired) electrons. The average molecular weight is 1070 g/mol. The number of nitrogens with one attached hydrogen (secondary N) is 1. The number of amides is 1. The minimum Gasteiger partial charge on any atom is -0.444 e. The van der Waals surface area contributed by atoms with Crippen LogP contribution < -0.4 is 5.32 Å². The summed E-state index contributed by atoms with van der Waals surface area (Å²) in [5, 5.41) is 7.87. The van der Waals surface area contributed by atoms with E-state index in [2.05, 4.69) is 20.3 Å². The van der Waals surface area contributed by atoms with Crippen LogP contribution >= 0.6 is 45.5 Å². The summed E-state index contributed by atoms with van der Waals surface area (Å²) in [6.45, 7) is 10.5. The quantitative estimate of drug-likeness (QED) is 0.162. The van der Waals surface area contributed by atoms with Gasteiger partial charge in [0.15, 0.2) is 0 Å². The Hall–Kier alpha value is -3.95. The summed E-state index contributed by atoms with van der Waals surface area (Å²) in [5.74, 6) is 1.18. The largest absolute Gasteiger partial charge is 0.444 e. The number of nitrogens with zero attached hydrogens (tertiary/aromatic N) is 6. The van der Waals surface area contributed by atoms with Gasteiger partial charge in [0.05, 0.1) is 29.8 Å². The number of piperidine rings is 2. The van der Waals surface area contributed by atoms with E-state index in [1.165, 1.54) is 35.2 Å². The lowest BCUT2D eigenvalue weighted by Crippen LogP contribution is -2.45. The van der Waals surface area contributed by atoms with Gasteiger partial charge in [-0.1, -0.05) is 71.2 Å². The van der Waals surface area contributed by atoms with E-state index in [0.29, 0.717) is 88.1 Å². The number of pyridine rings is 3. The fourth-order valence-corrected chi connectivity index (χ4v) is 15.1. The van der Waals surface area contributed by atoms with Crippen molar-refractivity contribution in [2.75, 3.05) is 52.4 Å². The van der Waals surface area contributed by atoms with Crippen LogP contribution in [0.5, 0.6) is 0 Å². The standard InChI is InChI=1S/C21H26ClN3O4S.C16H18ClN3O2S.C9H5Cl2NO2S/c1-21(2,3)29-20(26)24-8-7-15-12-25(13-16(15)11-24)30(27,28)18-6-4-5-14-9-23-10-17(22)19(14)18;17-14-8-19-6-11-2-1-3-15(16(11)14)23(21,22)20-9-12-4-5-18-7-13(12)10-20;10-7-5-12-4-6-2-1-3-8(9(6)7)15(11,13)14/h4-6,9-10,15-16H,7-8,11-13H2,1-3H3;1-3,6,8,12-13,18H,4-5,7,9-10H2;1-5H. The van der Waals surface area contributed by atoms with E-state index in [4.69, 9.17) is 50.2 Å². The van der Waals surface area contributed by atoms with E-state index in [0.717, 1.165) is 31.3 Å². The van der Waals surface area contributed by atoms with Gasteiger partial charge in [-0.25, -0.2) is 30.0 Å². The van der Waals surface area contributed by atoms with Gasteiger partial charge >= 0.3 is 6.09 Å². The van der Waals surface area contributed by atoms with Crippen LogP contribution in [0.3, 0.4) is 0 Å². The zero-order valence-corrected chi connectivity index (χ0v) is 42.7. The van der Waals surface area contributed by atoms with Crippen LogP contribution in [0.2, 0.25) is 15.1 Å². The highest BCUT2D eigenvalue weighted by Gasteiger charge is 2.44. The molecule has 4 aliphatic rings. The van der Waals surface area contributed by atoms with Gasteiger partial charge in [-0.15, -0.1) is 0 Å². The fraction of sp³-hybridized carbons (Fsp3) is 0.391. The number of aromatic nitrogens is 3. The number of hydrogen-bond acceptors (Lipinski definition) is 12. The number of rotatable bonds is 5. The number of carbonyl (C=O) groups excluding carboxylic acids is 1. The Morgan fingerprint density at radius 1 is 0.603 bits per heavy atom. The molecule has 1 amide bonds. The molecule has 0 spiro atoms. The van der Waals surface area contributed by atoms with E-state index < -0.39 is 34.7 Å². The first kappa shape index (κ1) is 50.4. The van der Waals surface area contributed by atoms with Crippen molar-refractivity contribution in [3.63, 3.8) is 0 Å². The minimum atomic E-state index is -3.79. The van der Waals surface area contributed by atoms with Crippen molar-refractivity contribution in [3.8, 4) is 0 Å². The van der Waals surface area contributed by atoms with Crippen LogP contribution in [0, 0.1) is 23.7 Å². The fourth-order valence-electron chi connectivity index (χ4n) is 9.43. The number of ether oxygens (including phenoxy) is 1. The number of fused-ring (bicyclic) bond motifs is 5. The second-order valence-electron chi connectivity index (χ2n) is 18.3. The van der Waals surface area contributed by atoms with Crippen molar-refractivity contribution in [3.05, 3.63) is 107 Å². The molecule has 4 atom stereocenters. The van der Waals surface area contributed by atoms with E-state index in [1.807, 2.05) is 26.8 Å². The molecule has 3 aromatic heterocycles. The monoisotopic (exact) mass is 1060 g/mol. The number of sulfonamides is 2. The minimum absolute atomic E-state index is 0.00840. The maximum atomic E-state index is 13.5. The van der Waals surface area contributed by atoms with Gasteiger partial charge in [0.25, 0.3) is 9.05 Å². The van der Waals surface area contributed by atoms with Crippen molar-refractivity contribution in [1.29, 1.82) is 0 Å². The molecular formula is C46H49Cl4N7O8S3. The number of carbonyl (C=O) groups is 1. The number of hydrogen-bond donors (Lipinski definition) is 1. The Bertz CT molecular complexity index is 3210. The molecule has 6 aromatic rings. The van der Waals surface area contributed by atoms with Gasteiger partial charge in [0, 0.05) is 119 Å². The zero-order valence-electron chi connectivity index (χ0n) is 37.2. The molecule has 0 saturated carbocycles. The Balaban J connectivity index is 0.000000146. The maximum Gasteiger partial charge on any atom is 0.410 e. The third-order valence-electron chi connectivity index (χ3n) is 12.7. The topological polar surface area (TPSA) is 189 Å². The molecule has 0 bridgehead atoms. The second-order valence-corrected chi connectivity index (χ2v) is 25.8. The zero-order chi connectivity index (χ0) is 48.8. The van der Waals surface area contributed by atoms with E-state index in [9.17, 15) is 30.0 Å². The molecule has 3 aromatic carbocycles. The highest BCUT2D eigenvalue weighted by molar-refractivity contribution is 8.14. The average Bonchev–Trinajstić information content (AvgIpc) is 3.95. The van der Waals surface area contributed by atoms with Gasteiger partial charge in [0.1, 0.15) is 5.60 Å². The predicted octanol–water partition coefficient (Wildman–Crippen LogP) is 8.70. The lowest BCUT2D eigenvalue weighted by atomic mass is 9.89. The van der Waals surface area contributed by atoms with Crippen molar-refractivity contribution >= 4 is 113 Å². The van der Waals surface area contributed by atoms with Gasteiger partial charge in [-0.2, -0.15) is 8.61 Å². The van der Waals surface area contributed by atoms with Crippen molar-refractivity contribution in [2.45, 2.75) is 53.9 Å². The summed E-state index contributed by atoms with van der Waals surface area (Å²) < 4.78 is 84.5. The Kier molecular flexibility index (Phi) is 14.9. The molecule has 0 aliphatic carbocycles. The number of halogens is 4. The lowest BCUT2D eigenvalue weighted by Gasteiger charge is -2.35. The Labute approximate surface area is 415 Å². The smallest absolute Gasteiger partial charge is 0.410 e. The molecule has 15 nitrogen and oxygen atoms in total. The molecule has 4 saturated heterocycles. The summed E-state index contributed by atoms with van der Waals surface area (Å²) in [7, 11) is -5.77. The summed E-state index contributed by atoms with van der Waals surface area (Å²) in [6, 6.07) is 15.1. The number of benzene rings is 3. The van der Waals surface area contributed by atoms with E-state index >= 15 is 0 Å². The molecule has 68 heavy (non-hydrogen) atoms. The third-order valence-corrected chi connectivity index (χ3v) is 18.6. The molecule has 362 valence electrons. The highest BCUT2D eigenvalue weighted by Crippen LogP contribution is 2.39. The molecule has 7 heterocycles. The van der Waals surface area contributed by atoms with Crippen LogP contribution in [0.4, 0.5) is 4.79 Å². The van der Waals surface area contributed by atoms with E-state index in [-0.39, 0.29) is 37.6 Å². The lowest BCUT2D eigenvalue weighted by molar-refractivity contribution is 0.0139. The van der Waals surface area contributed by atoms with Crippen LogP contribution in [0.25, 0.3) is 32.3 Å². The Morgan fingerprint density at radius 2 is 1.03 bits per heavy atom. The molecule has 4 aliphatic heterocycles. The predicted molar refractivity (Wildman–Crippen MR) is 265 cm³/mol. The van der Waals surface area contributed by atoms with Gasteiger partial charge in [-0.05, 0) is 88.6 Å². The summed E-state index contributed by atoms with van der Waals surface area (Å²) in [4.78, 5) is 26.6. The first-order chi connectivity index (χ1) is 32.1. The highest BCUT2D eigenvalue weighted by atomic mass is 35.7. The van der Waals surface area contributed by atoms with Crippen LogP contribution in [-0.4, -0.2) is 118 Å². The van der Waals surface area contributed by atoms with Crippen LogP contribution in [0.15, 0.2) is 106 Å². The Morgan fingerprint density at radius 3 is 1.49 bits per heavy atom. The molecule has 10 rings (SSSR count). The second kappa shape index (κ2) is 20.0. The normalized spacial score (nSPS) is 21.4. The van der Waals surface area contributed by atoms with Crippen molar-refractivity contribution < 1.29 is 34.8 Å².